The highest BCUT2D eigenvalue weighted by Crippen LogP contribution is 2.17. The minimum absolute atomic E-state index is 0.278. The van der Waals surface area contributed by atoms with Crippen molar-refractivity contribution in [3.8, 4) is 0 Å². The number of hydrogen-bond donors (Lipinski definition) is 2. The molecule has 4 rings (SSSR count). The average molecular weight is 450 g/mol. The maximum atomic E-state index is 5.48. The third-order valence-electron chi connectivity index (χ3n) is 5.97. The molecule has 8 heteroatoms. The zero-order valence-corrected chi connectivity index (χ0v) is 20.1. The Kier molecular flexibility index (Phi) is 7.44. The molecule has 0 spiro atoms. The van der Waals surface area contributed by atoms with Crippen molar-refractivity contribution in [3.05, 3.63) is 71.2 Å². The molecule has 33 heavy (non-hydrogen) atoms. The minimum atomic E-state index is 0.278. The third-order valence-corrected chi connectivity index (χ3v) is 5.97. The van der Waals surface area contributed by atoms with Crippen LogP contribution < -0.4 is 10.6 Å². The quantitative estimate of drug-likeness (QED) is 0.406. The molecule has 0 radical (unpaired) electrons. The van der Waals surface area contributed by atoms with Gasteiger partial charge in [0.2, 0.25) is 0 Å². The Hall–Kier alpha value is -3.13. The molecule has 2 N–H and O–H groups in total. The molecule has 0 saturated carbocycles. The predicted octanol–water partition coefficient (Wildman–Crippen LogP) is 3.31. The first-order chi connectivity index (χ1) is 16.0. The van der Waals surface area contributed by atoms with Crippen molar-refractivity contribution in [3.63, 3.8) is 0 Å². The molecule has 1 aromatic carbocycles. The molecular formula is C25H35N7O. The van der Waals surface area contributed by atoms with Crippen molar-refractivity contribution in [2.24, 2.45) is 4.99 Å². The van der Waals surface area contributed by atoms with Crippen LogP contribution in [0.2, 0.25) is 0 Å². The Morgan fingerprint density at radius 1 is 1.21 bits per heavy atom. The Balaban J connectivity index is 1.32. The Bertz CT molecular complexity index is 1050. The van der Waals surface area contributed by atoms with E-state index < -0.39 is 0 Å². The van der Waals surface area contributed by atoms with Gasteiger partial charge >= 0.3 is 0 Å². The van der Waals surface area contributed by atoms with Crippen LogP contribution in [0.15, 0.2) is 52.1 Å². The number of furan rings is 1. The van der Waals surface area contributed by atoms with Gasteiger partial charge in [0.1, 0.15) is 11.6 Å². The molecule has 3 aromatic rings. The summed E-state index contributed by atoms with van der Waals surface area (Å²) in [4.78, 5) is 11.4. The number of hydrogen-bond acceptors (Lipinski definition) is 5. The van der Waals surface area contributed by atoms with Gasteiger partial charge in [-0.25, -0.2) is 9.67 Å². The number of rotatable bonds is 8. The third kappa shape index (κ3) is 6.01. The summed E-state index contributed by atoms with van der Waals surface area (Å²) in [6.45, 7) is 7.42. The first-order valence-corrected chi connectivity index (χ1v) is 11.7. The summed E-state index contributed by atoms with van der Waals surface area (Å²) in [6, 6.07) is 12.8. The van der Waals surface area contributed by atoms with Crippen molar-refractivity contribution in [1.82, 2.24) is 30.3 Å². The standard InChI is InChI=1S/C25H35N7O/c1-18(2)24-29-23-12-11-21(16-32(23)30-24)28-25(26-3)27-14-19-8-5-6-9-20(19)15-31(4)17-22-10-7-13-33-22/h5-10,13,18,21H,11-12,14-17H2,1-4H3,(H2,26,27,28). The molecule has 0 bridgehead atoms. The number of benzene rings is 1. The lowest BCUT2D eigenvalue weighted by molar-refractivity contribution is 0.287. The summed E-state index contributed by atoms with van der Waals surface area (Å²) >= 11 is 0. The van der Waals surface area contributed by atoms with E-state index in [2.05, 4.69) is 75.8 Å². The summed E-state index contributed by atoms with van der Waals surface area (Å²) in [5, 5.41) is 11.8. The van der Waals surface area contributed by atoms with Crippen LogP contribution in [-0.4, -0.2) is 45.8 Å². The Labute approximate surface area is 196 Å². The second kappa shape index (κ2) is 10.7. The van der Waals surface area contributed by atoms with Gasteiger partial charge < -0.3 is 15.1 Å². The number of fused-ring (bicyclic) bond motifs is 1. The first kappa shape index (κ1) is 23.0. The van der Waals surface area contributed by atoms with Crippen molar-refractivity contribution in [1.29, 1.82) is 0 Å². The molecule has 1 aliphatic rings. The molecular weight excluding hydrogens is 414 g/mol. The zero-order valence-electron chi connectivity index (χ0n) is 20.1. The monoisotopic (exact) mass is 449 g/mol. The van der Waals surface area contributed by atoms with Crippen molar-refractivity contribution in [2.45, 2.75) is 64.8 Å². The van der Waals surface area contributed by atoms with Crippen molar-refractivity contribution >= 4 is 5.96 Å². The van der Waals surface area contributed by atoms with Gasteiger partial charge in [0.25, 0.3) is 0 Å². The molecule has 2 aromatic heterocycles. The maximum Gasteiger partial charge on any atom is 0.191 e. The van der Waals surface area contributed by atoms with Crippen LogP contribution in [0.3, 0.4) is 0 Å². The Morgan fingerprint density at radius 3 is 2.76 bits per heavy atom. The molecule has 0 saturated heterocycles. The second-order valence-electron chi connectivity index (χ2n) is 9.05. The van der Waals surface area contributed by atoms with E-state index in [1.54, 1.807) is 6.26 Å². The molecule has 1 atom stereocenters. The van der Waals surface area contributed by atoms with Crippen LogP contribution in [0.1, 0.15) is 54.7 Å². The fraction of sp³-hybridized carbons (Fsp3) is 0.480. The Morgan fingerprint density at radius 2 is 2.03 bits per heavy atom. The smallest absolute Gasteiger partial charge is 0.191 e. The van der Waals surface area contributed by atoms with E-state index in [1.807, 2.05) is 23.9 Å². The molecule has 8 nitrogen and oxygen atoms in total. The number of nitrogens with zero attached hydrogens (tertiary/aromatic N) is 5. The number of aromatic nitrogens is 3. The highest BCUT2D eigenvalue weighted by molar-refractivity contribution is 5.80. The summed E-state index contributed by atoms with van der Waals surface area (Å²) in [6.07, 6.45) is 3.67. The maximum absolute atomic E-state index is 5.48. The summed E-state index contributed by atoms with van der Waals surface area (Å²) in [5.41, 5.74) is 2.55. The van der Waals surface area contributed by atoms with Gasteiger partial charge in [0.05, 0.1) is 19.4 Å². The van der Waals surface area contributed by atoms with Crippen LogP contribution >= 0.6 is 0 Å². The van der Waals surface area contributed by atoms with Gasteiger partial charge in [-0.05, 0) is 36.7 Å². The van der Waals surface area contributed by atoms with Crippen LogP contribution in [-0.2, 0) is 32.6 Å². The number of aryl methyl sites for hydroxylation is 1. The second-order valence-corrected chi connectivity index (χ2v) is 9.05. The largest absolute Gasteiger partial charge is 0.468 e. The topological polar surface area (TPSA) is 83.5 Å². The average Bonchev–Trinajstić information content (AvgIpc) is 3.47. The summed E-state index contributed by atoms with van der Waals surface area (Å²) in [5.74, 6) is 4.16. The molecule has 3 heterocycles. The predicted molar refractivity (Wildman–Crippen MR) is 130 cm³/mol. The molecule has 1 aliphatic heterocycles. The van der Waals surface area contributed by atoms with Gasteiger partial charge in [0.15, 0.2) is 11.8 Å². The van der Waals surface area contributed by atoms with Crippen LogP contribution in [0.5, 0.6) is 0 Å². The number of guanidine groups is 1. The highest BCUT2D eigenvalue weighted by Gasteiger charge is 2.23. The SMILES string of the molecule is CN=C(NCc1ccccc1CN(C)Cc1ccco1)NC1CCc2nc(C(C)C)nn2C1. The van der Waals surface area contributed by atoms with Crippen LogP contribution in [0.25, 0.3) is 0 Å². The molecule has 1 unspecified atom stereocenters. The number of nitrogens with one attached hydrogen (secondary N) is 2. The molecule has 0 aliphatic carbocycles. The normalized spacial score (nSPS) is 16.3. The van der Waals surface area contributed by atoms with E-state index in [0.29, 0.717) is 12.5 Å². The molecule has 0 fully saturated rings. The lowest BCUT2D eigenvalue weighted by Gasteiger charge is -2.25. The van der Waals surface area contributed by atoms with Gasteiger partial charge in [-0.2, -0.15) is 5.10 Å². The van der Waals surface area contributed by atoms with Gasteiger partial charge in [-0.15, -0.1) is 0 Å². The summed E-state index contributed by atoms with van der Waals surface area (Å²) in [7, 11) is 3.93. The van der Waals surface area contributed by atoms with E-state index in [-0.39, 0.29) is 6.04 Å². The minimum Gasteiger partial charge on any atom is -0.468 e. The molecule has 0 amide bonds. The van der Waals surface area contributed by atoms with Crippen molar-refractivity contribution < 1.29 is 4.42 Å². The lowest BCUT2D eigenvalue weighted by Crippen LogP contribution is -2.46. The van der Waals surface area contributed by atoms with Gasteiger partial charge in [-0.3, -0.25) is 9.89 Å². The van der Waals surface area contributed by atoms with E-state index >= 15 is 0 Å². The fourth-order valence-electron chi connectivity index (χ4n) is 4.16. The fourth-order valence-corrected chi connectivity index (χ4v) is 4.16. The van der Waals surface area contributed by atoms with Crippen molar-refractivity contribution in [2.75, 3.05) is 14.1 Å². The van der Waals surface area contributed by atoms with E-state index in [4.69, 9.17) is 4.42 Å². The summed E-state index contributed by atoms with van der Waals surface area (Å²) < 4.78 is 7.53. The highest BCUT2D eigenvalue weighted by atomic mass is 16.3. The van der Waals surface area contributed by atoms with E-state index in [9.17, 15) is 0 Å². The van der Waals surface area contributed by atoms with Gasteiger partial charge in [0, 0.05) is 38.5 Å². The van der Waals surface area contributed by atoms with Gasteiger partial charge in [-0.1, -0.05) is 38.1 Å². The lowest BCUT2D eigenvalue weighted by atomic mass is 10.1. The first-order valence-electron chi connectivity index (χ1n) is 11.7. The van der Waals surface area contributed by atoms with E-state index in [1.165, 1.54) is 11.1 Å². The van der Waals surface area contributed by atoms with Crippen LogP contribution in [0.4, 0.5) is 0 Å². The van der Waals surface area contributed by atoms with E-state index in [0.717, 1.165) is 55.8 Å². The van der Waals surface area contributed by atoms with Crippen LogP contribution in [0, 0.1) is 0 Å². The molecule has 176 valence electrons. The zero-order chi connectivity index (χ0) is 23.2. The number of aliphatic imine (C=N–C) groups is 1.